The summed E-state index contributed by atoms with van der Waals surface area (Å²) in [5.41, 5.74) is 4.68. The van der Waals surface area contributed by atoms with Gasteiger partial charge in [0.25, 0.3) is 0 Å². The first-order valence-electron chi connectivity index (χ1n) is 11.9. The highest BCUT2D eigenvalue weighted by atomic mass is 16.5. The Morgan fingerprint density at radius 1 is 1.16 bits per heavy atom. The number of allylic oxidation sites excluding steroid dienone is 3. The Balaban J connectivity index is 1.29. The van der Waals surface area contributed by atoms with Crippen LogP contribution in [0.3, 0.4) is 0 Å². The summed E-state index contributed by atoms with van der Waals surface area (Å²) in [5.74, 6) is 2.67. The summed E-state index contributed by atoms with van der Waals surface area (Å²) in [7, 11) is 0. The van der Waals surface area contributed by atoms with Gasteiger partial charge < -0.3 is 9.15 Å². The molecule has 164 valence electrons. The Labute approximate surface area is 183 Å². The number of imidazole rings is 1. The fraction of sp³-hybridized carbons (Fsp3) is 0.615. The molecule has 0 bridgehead atoms. The fourth-order valence-electron chi connectivity index (χ4n) is 7.85. The Kier molecular flexibility index (Phi) is 4.13. The van der Waals surface area contributed by atoms with Crippen molar-refractivity contribution in [3.63, 3.8) is 0 Å². The first-order chi connectivity index (χ1) is 14.9. The molecule has 0 N–H and O–H groups in total. The van der Waals surface area contributed by atoms with E-state index in [1.54, 1.807) is 11.8 Å². The van der Waals surface area contributed by atoms with Crippen molar-refractivity contribution in [1.82, 2.24) is 9.38 Å². The number of fused-ring (bicyclic) bond motifs is 6. The van der Waals surface area contributed by atoms with Crippen molar-refractivity contribution in [1.29, 1.82) is 0 Å². The standard InChI is InChI=1S/C26H32N2O3/c1-16(29)31-18-8-10-25(2)17(14-18)4-5-19-20-6-7-22(26(20,3)11-9-21(19)25)23-15-27-24-28(23)12-13-30-24/h4,7,12-13,15,18-21H,5-6,8-11,14H2,1-3H3/t18-,19+,20+,21+,25+,26+/m1/s1. The van der Waals surface area contributed by atoms with Gasteiger partial charge in [-0.25, -0.2) is 4.98 Å². The Hall–Kier alpha value is -2.30. The molecule has 5 nitrogen and oxygen atoms in total. The monoisotopic (exact) mass is 420 g/mol. The first kappa shape index (κ1) is 19.4. The van der Waals surface area contributed by atoms with Gasteiger partial charge in [-0.15, -0.1) is 0 Å². The van der Waals surface area contributed by atoms with Gasteiger partial charge in [-0.1, -0.05) is 31.6 Å². The van der Waals surface area contributed by atoms with Crippen LogP contribution in [0, 0.1) is 28.6 Å². The van der Waals surface area contributed by atoms with Crippen LogP contribution in [0.5, 0.6) is 0 Å². The third kappa shape index (κ3) is 2.68. The van der Waals surface area contributed by atoms with E-state index >= 15 is 0 Å². The van der Waals surface area contributed by atoms with Gasteiger partial charge in [-0.2, -0.15) is 0 Å². The topological polar surface area (TPSA) is 56.7 Å². The number of oxazole rings is 1. The van der Waals surface area contributed by atoms with Crippen molar-refractivity contribution in [3.8, 4) is 0 Å². The summed E-state index contributed by atoms with van der Waals surface area (Å²) in [5, 5.41) is 0. The molecule has 31 heavy (non-hydrogen) atoms. The number of ether oxygens (including phenoxy) is 1. The van der Waals surface area contributed by atoms with Gasteiger partial charge in [0.2, 0.25) is 0 Å². The Bertz CT molecular complexity index is 1110. The molecule has 2 aromatic heterocycles. The van der Waals surface area contributed by atoms with Crippen molar-refractivity contribution in [2.45, 2.75) is 71.8 Å². The highest BCUT2D eigenvalue weighted by Gasteiger charge is 2.57. The third-order valence-corrected chi connectivity index (χ3v) is 9.39. The van der Waals surface area contributed by atoms with E-state index in [4.69, 9.17) is 9.15 Å². The van der Waals surface area contributed by atoms with Crippen LogP contribution in [0.2, 0.25) is 0 Å². The first-order valence-corrected chi connectivity index (χ1v) is 11.9. The molecule has 0 unspecified atom stereocenters. The third-order valence-electron chi connectivity index (χ3n) is 9.39. The molecular weight excluding hydrogens is 388 g/mol. The summed E-state index contributed by atoms with van der Waals surface area (Å²) in [6.07, 6.45) is 18.7. The second-order valence-electron chi connectivity index (χ2n) is 10.7. The van der Waals surface area contributed by atoms with Crippen molar-refractivity contribution >= 4 is 17.4 Å². The summed E-state index contributed by atoms with van der Waals surface area (Å²) in [6.45, 7) is 6.52. The van der Waals surface area contributed by atoms with Gasteiger partial charge in [0.1, 0.15) is 12.4 Å². The van der Waals surface area contributed by atoms with Crippen LogP contribution in [0.1, 0.15) is 71.4 Å². The maximum Gasteiger partial charge on any atom is 0.306 e. The van der Waals surface area contributed by atoms with Gasteiger partial charge in [0.05, 0.1) is 11.9 Å². The molecule has 0 aliphatic heterocycles. The van der Waals surface area contributed by atoms with Crippen LogP contribution >= 0.6 is 0 Å². The second-order valence-corrected chi connectivity index (χ2v) is 10.7. The van der Waals surface area contributed by atoms with Crippen LogP contribution in [0.4, 0.5) is 0 Å². The number of hydrogen-bond acceptors (Lipinski definition) is 4. The van der Waals surface area contributed by atoms with Gasteiger partial charge in [0.15, 0.2) is 0 Å². The normalized spacial score (nSPS) is 39.3. The van der Waals surface area contributed by atoms with E-state index in [2.05, 4.69) is 35.4 Å². The predicted octanol–water partition coefficient (Wildman–Crippen LogP) is 5.82. The number of nitrogens with zero attached hydrogens (tertiary/aromatic N) is 2. The summed E-state index contributed by atoms with van der Waals surface area (Å²) in [4.78, 5) is 15.9. The zero-order valence-corrected chi connectivity index (χ0v) is 18.8. The molecule has 2 saturated carbocycles. The minimum atomic E-state index is -0.146. The highest BCUT2D eigenvalue weighted by molar-refractivity contribution is 5.72. The van der Waals surface area contributed by atoms with Crippen molar-refractivity contribution in [3.05, 3.63) is 42.1 Å². The molecule has 2 fully saturated rings. The van der Waals surface area contributed by atoms with E-state index in [0.717, 1.165) is 43.9 Å². The average Bonchev–Trinajstić information content (AvgIpc) is 3.42. The molecule has 2 aromatic rings. The number of rotatable bonds is 2. The Morgan fingerprint density at radius 3 is 2.84 bits per heavy atom. The van der Waals surface area contributed by atoms with E-state index in [1.807, 2.05) is 12.4 Å². The molecule has 4 aliphatic rings. The number of esters is 1. The van der Waals surface area contributed by atoms with E-state index < -0.39 is 0 Å². The van der Waals surface area contributed by atoms with E-state index in [-0.39, 0.29) is 22.9 Å². The lowest BCUT2D eigenvalue weighted by molar-refractivity contribution is -0.148. The number of carbonyl (C=O) groups excluding carboxylic acids is 1. The van der Waals surface area contributed by atoms with Crippen molar-refractivity contribution < 1.29 is 13.9 Å². The van der Waals surface area contributed by atoms with Gasteiger partial charge in [-0.3, -0.25) is 9.20 Å². The Morgan fingerprint density at radius 2 is 2.00 bits per heavy atom. The largest absolute Gasteiger partial charge is 0.462 e. The lowest BCUT2D eigenvalue weighted by Gasteiger charge is -2.57. The molecule has 0 spiro atoms. The number of aromatic nitrogens is 2. The molecule has 0 radical (unpaired) electrons. The molecule has 0 amide bonds. The lowest BCUT2D eigenvalue weighted by atomic mass is 9.47. The van der Waals surface area contributed by atoms with Crippen LogP contribution in [0.15, 0.2) is 40.8 Å². The van der Waals surface area contributed by atoms with Crippen LogP contribution in [-0.4, -0.2) is 21.5 Å². The summed E-state index contributed by atoms with van der Waals surface area (Å²) >= 11 is 0. The van der Waals surface area contributed by atoms with Crippen LogP contribution < -0.4 is 0 Å². The summed E-state index contributed by atoms with van der Waals surface area (Å²) in [6, 6.07) is 0. The molecular formula is C26H32N2O3. The minimum absolute atomic E-state index is 0.0706. The van der Waals surface area contributed by atoms with Crippen molar-refractivity contribution in [2.24, 2.45) is 28.6 Å². The fourth-order valence-corrected chi connectivity index (χ4v) is 7.85. The van der Waals surface area contributed by atoms with Crippen LogP contribution in [-0.2, 0) is 9.53 Å². The number of hydrogen-bond donors (Lipinski definition) is 0. The quantitative estimate of drug-likeness (QED) is 0.454. The molecule has 6 rings (SSSR count). The molecule has 6 atom stereocenters. The van der Waals surface area contributed by atoms with E-state index in [9.17, 15) is 4.79 Å². The lowest BCUT2D eigenvalue weighted by Crippen LogP contribution is -2.50. The predicted molar refractivity (Wildman–Crippen MR) is 118 cm³/mol. The molecule has 2 heterocycles. The maximum absolute atomic E-state index is 11.5. The smallest absolute Gasteiger partial charge is 0.306 e. The molecule has 0 saturated heterocycles. The summed E-state index contributed by atoms with van der Waals surface area (Å²) < 4.78 is 13.2. The molecule has 4 aliphatic carbocycles. The SMILES string of the molecule is CC(=O)O[C@@H]1CC[C@@]2(C)C(=CC[C@@H]3[C@@H]2CC[C@]2(C)C(c4cnc5occn45)=CC[C@@H]32)C1. The highest BCUT2D eigenvalue weighted by Crippen LogP contribution is 2.66. The number of carbonyl (C=O) groups is 1. The van der Waals surface area contributed by atoms with Crippen molar-refractivity contribution in [2.75, 3.05) is 0 Å². The average molecular weight is 421 g/mol. The van der Waals surface area contributed by atoms with E-state index in [0.29, 0.717) is 11.8 Å². The molecule has 0 aromatic carbocycles. The molecule has 5 heteroatoms. The minimum Gasteiger partial charge on any atom is -0.462 e. The van der Waals surface area contributed by atoms with Gasteiger partial charge in [0, 0.05) is 19.5 Å². The van der Waals surface area contributed by atoms with Gasteiger partial charge >= 0.3 is 11.8 Å². The second kappa shape index (κ2) is 6.60. The van der Waals surface area contributed by atoms with E-state index in [1.165, 1.54) is 31.0 Å². The zero-order chi connectivity index (χ0) is 21.4. The maximum atomic E-state index is 11.5. The zero-order valence-electron chi connectivity index (χ0n) is 18.8. The van der Waals surface area contributed by atoms with Crippen LogP contribution in [0.25, 0.3) is 11.4 Å². The van der Waals surface area contributed by atoms with Gasteiger partial charge in [-0.05, 0) is 72.7 Å².